The number of halogens is 1. The summed E-state index contributed by atoms with van der Waals surface area (Å²) >= 11 is 7.55. The standard InChI is InChI=1S/C28H26ClN3O3S/c1-30-24-17-20(27(33)32-13-11-31(12-14-32)22-7-4-6-21(29)18-22)9-10-25(24)36-26(28(30)34)16-19-5-3-8-23(15-19)35-2/h3-10,15-18H,11-14H2,1-2H3/b26-16-. The smallest absolute Gasteiger partial charge is 0.264 e. The summed E-state index contributed by atoms with van der Waals surface area (Å²) < 4.78 is 5.29. The van der Waals surface area contributed by atoms with Gasteiger partial charge in [-0.3, -0.25) is 9.59 Å². The first-order valence-corrected chi connectivity index (χ1v) is 12.9. The number of methoxy groups -OCH3 is 1. The maximum Gasteiger partial charge on any atom is 0.264 e. The molecule has 0 unspecified atom stereocenters. The van der Waals surface area contributed by atoms with Crippen LogP contribution in [0.4, 0.5) is 11.4 Å². The van der Waals surface area contributed by atoms with E-state index in [9.17, 15) is 9.59 Å². The van der Waals surface area contributed by atoms with Crippen molar-refractivity contribution in [1.82, 2.24) is 4.90 Å². The van der Waals surface area contributed by atoms with Crippen LogP contribution in [0.1, 0.15) is 15.9 Å². The lowest BCUT2D eigenvalue weighted by Gasteiger charge is -2.36. The van der Waals surface area contributed by atoms with E-state index in [0.717, 1.165) is 40.7 Å². The summed E-state index contributed by atoms with van der Waals surface area (Å²) in [6.07, 6.45) is 1.87. The van der Waals surface area contributed by atoms with Gasteiger partial charge in [0.15, 0.2) is 0 Å². The molecule has 1 fully saturated rings. The lowest BCUT2D eigenvalue weighted by molar-refractivity contribution is -0.114. The Hall–Kier alpha value is -3.42. The average Bonchev–Trinajstić information content (AvgIpc) is 2.91. The minimum absolute atomic E-state index is 0.0212. The number of nitrogens with zero attached hydrogens (tertiary/aromatic N) is 3. The number of thioether (sulfide) groups is 1. The summed E-state index contributed by atoms with van der Waals surface area (Å²) in [4.78, 5) is 33.7. The van der Waals surface area contributed by atoms with Crippen molar-refractivity contribution in [2.45, 2.75) is 4.90 Å². The maximum absolute atomic E-state index is 13.3. The monoisotopic (exact) mass is 519 g/mol. The molecule has 0 aromatic heterocycles. The highest BCUT2D eigenvalue weighted by Crippen LogP contribution is 2.42. The number of carbonyl (C=O) groups excluding carboxylic acids is 2. The molecular formula is C28H26ClN3O3S. The van der Waals surface area contributed by atoms with E-state index in [-0.39, 0.29) is 11.8 Å². The van der Waals surface area contributed by atoms with Gasteiger partial charge in [-0.15, -0.1) is 0 Å². The molecule has 0 bridgehead atoms. The Morgan fingerprint density at radius 3 is 2.53 bits per heavy atom. The molecule has 0 spiro atoms. The molecule has 0 radical (unpaired) electrons. The number of rotatable bonds is 4. The van der Waals surface area contributed by atoms with Crippen molar-refractivity contribution in [2.24, 2.45) is 0 Å². The molecule has 6 nitrogen and oxygen atoms in total. The molecular weight excluding hydrogens is 494 g/mol. The van der Waals surface area contributed by atoms with E-state index in [1.165, 1.54) is 11.8 Å². The van der Waals surface area contributed by atoms with Gasteiger partial charge in [0.25, 0.3) is 11.8 Å². The largest absolute Gasteiger partial charge is 0.497 e. The molecule has 3 aromatic rings. The van der Waals surface area contributed by atoms with E-state index in [4.69, 9.17) is 16.3 Å². The van der Waals surface area contributed by atoms with Crippen LogP contribution in [0.3, 0.4) is 0 Å². The van der Waals surface area contributed by atoms with Crippen molar-refractivity contribution in [3.8, 4) is 5.75 Å². The second kappa shape index (κ2) is 10.3. The van der Waals surface area contributed by atoms with Crippen molar-refractivity contribution in [2.75, 3.05) is 50.1 Å². The highest BCUT2D eigenvalue weighted by Gasteiger charge is 2.29. The second-order valence-electron chi connectivity index (χ2n) is 8.69. The Labute approximate surface area is 220 Å². The number of hydrogen-bond acceptors (Lipinski definition) is 5. The van der Waals surface area contributed by atoms with Crippen molar-refractivity contribution < 1.29 is 14.3 Å². The van der Waals surface area contributed by atoms with Crippen LogP contribution in [0.2, 0.25) is 5.02 Å². The fourth-order valence-electron chi connectivity index (χ4n) is 4.43. The quantitative estimate of drug-likeness (QED) is 0.431. The first kappa shape index (κ1) is 24.3. The Bertz CT molecular complexity index is 1350. The number of piperazine rings is 1. The highest BCUT2D eigenvalue weighted by atomic mass is 35.5. The van der Waals surface area contributed by atoms with E-state index >= 15 is 0 Å². The van der Waals surface area contributed by atoms with Gasteiger partial charge in [-0.05, 0) is 60.2 Å². The van der Waals surface area contributed by atoms with Crippen LogP contribution < -0.4 is 14.5 Å². The van der Waals surface area contributed by atoms with Gasteiger partial charge in [-0.2, -0.15) is 0 Å². The van der Waals surface area contributed by atoms with Crippen molar-refractivity contribution >= 4 is 52.6 Å². The molecule has 184 valence electrons. The molecule has 2 amide bonds. The summed E-state index contributed by atoms with van der Waals surface area (Å²) in [6.45, 7) is 2.73. The normalized spacial score (nSPS) is 16.8. The third-order valence-corrected chi connectivity index (χ3v) is 7.75. The molecule has 3 aromatic carbocycles. The minimum Gasteiger partial charge on any atom is -0.497 e. The van der Waals surface area contributed by atoms with Crippen molar-refractivity contribution in [3.63, 3.8) is 0 Å². The van der Waals surface area contributed by atoms with Crippen LogP contribution >= 0.6 is 23.4 Å². The summed E-state index contributed by atoms with van der Waals surface area (Å²) in [7, 11) is 3.37. The first-order chi connectivity index (χ1) is 17.4. The van der Waals surface area contributed by atoms with Gasteiger partial charge in [0.05, 0.1) is 17.7 Å². The Morgan fingerprint density at radius 1 is 1.00 bits per heavy atom. The summed E-state index contributed by atoms with van der Waals surface area (Å²) in [5.74, 6) is 0.616. The molecule has 1 saturated heterocycles. The summed E-state index contributed by atoms with van der Waals surface area (Å²) in [6, 6.07) is 21.0. The van der Waals surface area contributed by atoms with Crippen LogP contribution in [0.15, 0.2) is 76.5 Å². The molecule has 2 aliphatic rings. The summed E-state index contributed by atoms with van der Waals surface area (Å²) in [5.41, 5.74) is 3.30. The number of anilines is 2. The van der Waals surface area contributed by atoms with Crippen LogP contribution in [0.5, 0.6) is 5.75 Å². The van der Waals surface area contributed by atoms with Gasteiger partial charge in [-0.25, -0.2) is 0 Å². The Balaban J connectivity index is 1.31. The molecule has 36 heavy (non-hydrogen) atoms. The van der Waals surface area contributed by atoms with Crippen molar-refractivity contribution in [1.29, 1.82) is 0 Å². The Morgan fingerprint density at radius 2 is 1.78 bits per heavy atom. The van der Waals surface area contributed by atoms with Crippen LogP contribution in [-0.2, 0) is 4.79 Å². The van der Waals surface area contributed by atoms with Crippen molar-refractivity contribution in [3.05, 3.63) is 87.8 Å². The zero-order valence-electron chi connectivity index (χ0n) is 20.1. The van der Waals surface area contributed by atoms with Gasteiger partial charge in [0.2, 0.25) is 0 Å². The van der Waals surface area contributed by atoms with E-state index in [2.05, 4.69) is 4.90 Å². The fraction of sp³-hybridized carbons (Fsp3) is 0.214. The van der Waals surface area contributed by atoms with Gasteiger partial charge in [-0.1, -0.05) is 41.6 Å². The third kappa shape index (κ3) is 4.94. The molecule has 0 aliphatic carbocycles. The number of benzene rings is 3. The lowest BCUT2D eigenvalue weighted by Crippen LogP contribution is -2.48. The second-order valence-corrected chi connectivity index (χ2v) is 10.2. The number of amides is 2. The van der Waals surface area contributed by atoms with Gasteiger partial charge >= 0.3 is 0 Å². The number of ether oxygens (including phenoxy) is 1. The number of hydrogen-bond donors (Lipinski definition) is 0. The zero-order valence-corrected chi connectivity index (χ0v) is 21.7. The SMILES string of the molecule is COc1cccc(/C=C2\Sc3ccc(C(=O)N4CCN(c5cccc(Cl)c5)CC4)cc3N(C)C2=O)c1. The van der Waals surface area contributed by atoms with E-state index in [1.807, 2.05) is 77.7 Å². The number of carbonyl (C=O) groups is 2. The van der Waals surface area contributed by atoms with E-state index in [1.54, 1.807) is 19.1 Å². The molecule has 2 heterocycles. The van der Waals surface area contributed by atoms with Crippen LogP contribution in [0, 0.1) is 0 Å². The lowest BCUT2D eigenvalue weighted by atomic mass is 10.1. The van der Waals surface area contributed by atoms with Crippen LogP contribution in [0.25, 0.3) is 6.08 Å². The number of fused-ring (bicyclic) bond motifs is 1. The highest BCUT2D eigenvalue weighted by molar-refractivity contribution is 8.04. The third-order valence-electron chi connectivity index (χ3n) is 6.43. The number of likely N-dealkylation sites (N-methyl/N-ethyl adjacent to an activating group) is 1. The van der Waals surface area contributed by atoms with E-state index < -0.39 is 0 Å². The molecule has 0 saturated carbocycles. The fourth-order valence-corrected chi connectivity index (χ4v) is 5.71. The average molecular weight is 520 g/mol. The first-order valence-electron chi connectivity index (χ1n) is 11.7. The summed E-state index contributed by atoms with van der Waals surface area (Å²) in [5, 5.41) is 0.707. The molecule has 2 aliphatic heterocycles. The van der Waals surface area contributed by atoms with Gasteiger partial charge in [0.1, 0.15) is 5.75 Å². The van der Waals surface area contributed by atoms with E-state index in [0.29, 0.717) is 28.6 Å². The topological polar surface area (TPSA) is 53.1 Å². The Kier molecular flexibility index (Phi) is 6.94. The van der Waals surface area contributed by atoms with Crippen LogP contribution in [-0.4, -0.2) is 57.1 Å². The van der Waals surface area contributed by atoms with Gasteiger partial charge in [0, 0.05) is 54.4 Å². The maximum atomic E-state index is 13.3. The molecule has 0 N–H and O–H groups in total. The minimum atomic E-state index is -0.102. The molecule has 8 heteroatoms. The molecule has 0 atom stereocenters. The zero-order chi connectivity index (χ0) is 25.2. The predicted octanol–water partition coefficient (Wildman–Crippen LogP) is 5.42. The predicted molar refractivity (Wildman–Crippen MR) is 146 cm³/mol. The molecule has 5 rings (SSSR count). The van der Waals surface area contributed by atoms with Gasteiger partial charge < -0.3 is 19.4 Å².